The van der Waals surface area contributed by atoms with Gasteiger partial charge in [0.25, 0.3) is 0 Å². The minimum Gasteiger partial charge on any atom is -0.507 e. The van der Waals surface area contributed by atoms with Crippen LogP contribution in [-0.4, -0.2) is 54.7 Å². The van der Waals surface area contributed by atoms with Crippen LogP contribution in [0.4, 0.5) is 0 Å². The summed E-state index contributed by atoms with van der Waals surface area (Å²) in [7, 11) is 0. The van der Waals surface area contributed by atoms with Crippen molar-refractivity contribution in [2.45, 2.75) is 6.10 Å². The van der Waals surface area contributed by atoms with E-state index in [9.17, 15) is 45.0 Å². The molecule has 0 radical (unpaired) electrons. The molecule has 158 valence electrons. The number of hydrogen-bond donors (Lipinski definition) is 6. The molecule has 9 nitrogen and oxygen atoms in total. The van der Waals surface area contributed by atoms with E-state index in [1.807, 2.05) is 0 Å². The molecule has 1 aliphatic rings. The normalized spacial score (nSPS) is 15.3. The van der Waals surface area contributed by atoms with Gasteiger partial charge >= 0.3 is 17.9 Å². The quantitative estimate of drug-likeness (QED) is 0.421. The van der Waals surface area contributed by atoms with E-state index >= 15 is 0 Å². The van der Waals surface area contributed by atoms with Gasteiger partial charge in [-0.2, -0.15) is 0 Å². The number of carbonyl (C=O) groups is 3. The van der Waals surface area contributed by atoms with Crippen molar-refractivity contribution in [2.24, 2.45) is 0 Å². The first-order valence-corrected chi connectivity index (χ1v) is 8.79. The average molecular weight is 424 g/mol. The van der Waals surface area contributed by atoms with Crippen LogP contribution in [0, 0.1) is 0 Å². The van der Waals surface area contributed by atoms with E-state index in [1.54, 1.807) is 0 Å². The van der Waals surface area contributed by atoms with Crippen LogP contribution >= 0.6 is 0 Å². The number of hydrogen-bond acceptors (Lipinski definition) is 6. The number of aromatic carboxylic acids is 2. The first-order valence-electron chi connectivity index (χ1n) is 8.79. The number of phenols is 2. The number of aromatic hydroxyl groups is 2. The average Bonchev–Trinajstić information content (AvgIpc) is 2.71. The van der Waals surface area contributed by atoms with Gasteiger partial charge in [0.1, 0.15) is 28.7 Å². The summed E-state index contributed by atoms with van der Waals surface area (Å²) in [6, 6.07) is 7.35. The van der Waals surface area contributed by atoms with Crippen molar-refractivity contribution in [3.05, 3.63) is 88.0 Å². The van der Waals surface area contributed by atoms with Gasteiger partial charge in [0.05, 0.1) is 5.57 Å². The third-order valence-corrected chi connectivity index (χ3v) is 4.65. The lowest BCUT2D eigenvalue weighted by Gasteiger charge is -2.18. The Morgan fingerprint density at radius 2 is 1.23 bits per heavy atom. The van der Waals surface area contributed by atoms with Gasteiger partial charge in [-0.3, -0.25) is 0 Å². The number of aliphatic hydroxyl groups is 1. The maximum atomic E-state index is 11.5. The van der Waals surface area contributed by atoms with Gasteiger partial charge in [-0.25, -0.2) is 14.4 Å². The summed E-state index contributed by atoms with van der Waals surface area (Å²) < 4.78 is 0. The fourth-order valence-corrected chi connectivity index (χ4v) is 3.17. The largest absolute Gasteiger partial charge is 0.507 e. The lowest BCUT2D eigenvalue weighted by Crippen LogP contribution is -2.18. The van der Waals surface area contributed by atoms with Gasteiger partial charge < -0.3 is 30.6 Å². The van der Waals surface area contributed by atoms with E-state index in [-0.39, 0.29) is 27.8 Å². The highest BCUT2D eigenvalue weighted by Crippen LogP contribution is 2.35. The van der Waals surface area contributed by atoms with Gasteiger partial charge in [0.2, 0.25) is 0 Å². The summed E-state index contributed by atoms with van der Waals surface area (Å²) in [5, 5.41) is 57.6. The molecule has 0 saturated carbocycles. The number of carboxylic acids is 3. The van der Waals surface area contributed by atoms with Crippen molar-refractivity contribution in [3.63, 3.8) is 0 Å². The van der Waals surface area contributed by atoms with Crippen LogP contribution in [0.25, 0.3) is 5.57 Å². The summed E-state index contributed by atoms with van der Waals surface area (Å²) in [6.45, 7) is 0. The van der Waals surface area contributed by atoms with Crippen LogP contribution in [0.2, 0.25) is 0 Å². The van der Waals surface area contributed by atoms with Crippen LogP contribution in [0.3, 0.4) is 0 Å². The number of rotatable bonds is 5. The van der Waals surface area contributed by atoms with Crippen LogP contribution in [0.5, 0.6) is 11.5 Å². The van der Waals surface area contributed by atoms with Crippen molar-refractivity contribution in [2.75, 3.05) is 0 Å². The standard InChI is InChI=1S/C22H16O9/c23-16-4-1-10(7-13(16)20(26)27)19(11-2-5-17(24)14(8-11)21(28)29)12-3-6-18(25)15(9-12)22(30)31/h1-9,16,23-25H,(H,26,27)(H,28,29)(H,30,31). The molecule has 9 heteroatoms. The van der Waals surface area contributed by atoms with Gasteiger partial charge in [-0.1, -0.05) is 24.3 Å². The Bertz CT molecular complexity index is 1140. The van der Waals surface area contributed by atoms with Crippen molar-refractivity contribution >= 4 is 23.5 Å². The number of aliphatic hydroxyl groups excluding tert-OH is 1. The summed E-state index contributed by atoms with van der Waals surface area (Å²) in [4.78, 5) is 34.4. The Labute approximate surface area is 174 Å². The van der Waals surface area contributed by atoms with Crippen LogP contribution < -0.4 is 0 Å². The first kappa shape index (κ1) is 21.3. The summed E-state index contributed by atoms with van der Waals surface area (Å²) in [5.74, 6) is -5.17. The number of benzene rings is 2. The maximum absolute atomic E-state index is 11.5. The Morgan fingerprint density at radius 1 is 0.742 bits per heavy atom. The SMILES string of the molecule is O=C(O)C1=CC(=C(c2ccc(O)c(C(=O)O)c2)c2ccc(O)c(C(=O)O)c2)C=CC1O. The number of allylic oxidation sites excluding steroid dienone is 3. The van der Waals surface area contributed by atoms with Gasteiger partial charge in [-0.15, -0.1) is 0 Å². The van der Waals surface area contributed by atoms with Crippen molar-refractivity contribution in [1.29, 1.82) is 0 Å². The third kappa shape index (κ3) is 4.16. The Kier molecular flexibility index (Phi) is 5.62. The molecule has 0 heterocycles. The molecule has 2 aromatic carbocycles. The van der Waals surface area contributed by atoms with E-state index in [1.165, 1.54) is 30.4 Å². The minimum absolute atomic E-state index is 0.229. The second-order valence-electron chi connectivity index (χ2n) is 6.61. The zero-order chi connectivity index (χ0) is 22.9. The van der Waals surface area contributed by atoms with Gasteiger partial charge in [-0.05, 0) is 52.6 Å². The van der Waals surface area contributed by atoms with Crippen LogP contribution in [0.15, 0.2) is 65.8 Å². The fraction of sp³-hybridized carbons (Fsp3) is 0.0455. The lowest BCUT2D eigenvalue weighted by molar-refractivity contribution is -0.133. The van der Waals surface area contributed by atoms with E-state index in [2.05, 4.69) is 0 Å². The lowest BCUT2D eigenvalue weighted by atomic mass is 9.87. The molecule has 3 rings (SSSR count). The van der Waals surface area contributed by atoms with Crippen molar-refractivity contribution in [3.8, 4) is 11.5 Å². The molecule has 0 fully saturated rings. The molecule has 0 saturated heterocycles. The van der Waals surface area contributed by atoms with Crippen LogP contribution in [-0.2, 0) is 4.79 Å². The topological polar surface area (TPSA) is 173 Å². The molecule has 2 aromatic rings. The molecule has 6 N–H and O–H groups in total. The first-order chi connectivity index (χ1) is 14.6. The Morgan fingerprint density at radius 3 is 1.65 bits per heavy atom. The van der Waals surface area contributed by atoms with Crippen LogP contribution in [0.1, 0.15) is 31.8 Å². The smallest absolute Gasteiger partial charge is 0.339 e. The molecular formula is C22H16O9. The summed E-state index contributed by atoms with van der Waals surface area (Å²) in [6.07, 6.45) is 2.44. The molecule has 1 aliphatic carbocycles. The van der Waals surface area contributed by atoms with Crippen molar-refractivity contribution in [1.82, 2.24) is 0 Å². The molecule has 0 spiro atoms. The molecule has 0 aliphatic heterocycles. The molecule has 1 atom stereocenters. The highest BCUT2D eigenvalue weighted by atomic mass is 16.4. The monoisotopic (exact) mass is 424 g/mol. The molecular weight excluding hydrogens is 408 g/mol. The number of carboxylic acid groups (broad SMARTS) is 3. The van der Waals surface area contributed by atoms with Gasteiger partial charge in [0, 0.05) is 0 Å². The summed E-state index contributed by atoms with van der Waals surface area (Å²) >= 11 is 0. The highest BCUT2D eigenvalue weighted by molar-refractivity contribution is 5.97. The number of aliphatic carboxylic acids is 1. The molecule has 1 unspecified atom stereocenters. The van der Waals surface area contributed by atoms with Gasteiger partial charge in [0.15, 0.2) is 0 Å². The van der Waals surface area contributed by atoms with Crippen molar-refractivity contribution < 1.29 is 45.0 Å². The zero-order valence-corrected chi connectivity index (χ0v) is 15.7. The fourth-order valence-electron chi connectivity index (χ4n) is 3.17. The predicted molar refractivity (Wildman–Crippen MR) is 107 cm³/mol. The molecule has 31 heavy (non-hydrogen) atoms. The molecule has 0 amide bonds. The van der Waals surface area contributed by atoms with E-state index in [4.69, 9.17) is 0 Å². The molecule has 0 aromatic heterocycles. The zero-order valence-electron chi connectivity index (χ0n) is 15.7. The Balaban J connectivity index is 2.36. The molecule has 0 bridgehead atoms. The second-order valence-corrected chi connectivity index (χ2v) is 6.61. The van der Waals surface area contributed by atoms with E-state index < -0.39 is 46.6 Å². The van der Waals surface area contributed by atoms with E-state index in [0.717, 1.165) is 24.3 Å². The predicted octanol–water partition coefficient (Wildman–Crippen LogP) is 2.24. The third-order valence-electron chi connectivity index (χ3n) is 4.65. The Hall–Kier alpha value is -4.37. The highest BCUT2D eigenvalue weighted by Gasteiger charge is 2.23. The van der Waals surface area contributed by atoms with E-state index in [0.29, 0.717) is 0 Å². The maximum Gasteiger partial charge on any atom is 0.339 e. The minimum atomic E-state index is -1.41. The second kappa shape index (κ2) is 8.17. The summed E-state index contributed by atoms with van der Waals surface area (Å²) in [5.41, 5.74) is -0.253.